The van der Waals surface area contributed by atoms with Gasteiger partial charge in [0.15, 0.2) is 12.5 Å². The van der Waals surface area contributed by atoms with Gasteiger partial charge in [-0.2, -0.15) is 4.68 Å². The summed E-state index contributed by atoms with van der Waals surface area (Å²) in [4.78, 5) is 23.8. The van der Waals surface area contributed by atoms with Gasteiger partial charge >= 0.3 is 0 Å². The van der Waals surface area contributed by atoms with Crippen LogP contribution in [-0.2, 0) is 6.73 Å². The molecular formula is C17H15N3O3. The van der Waals surface area contributed by atoms with Gasteiger partial charge in [0.25, 0.3) is 5.56 Å². The van der Waals surface area contributed by atoms with E-state index < -0.39 is 0 Å². The standard InChI is InChI=1S/C17H15N3O3/c1-2-16(21)12-7-9-13(10-8-12)23-11-20-17(22)14-5-3-4-6-15(14)18-19-20/h3-10H,2,11H2,1H3. The Hall–Kier alpha value is -3.02. The number of benzene rings is 2. The predicted molar refractivity (Wildman–Crippen MR) is 85.5 cm³/mol. The first-order valence-electron chi connectivity index (χ1n) is 7.27. The Labute approximate surface area is 132 Å². The summed E-state index contributed by atoms with van der Waals surface area (Å²) in [7, 11) is 0. The number of fused-ring (bicyclic) bond motifs is 1. The number of carbonyl (C=O) groups is 1. The van der Waals surface area contributed by atoms with Gasteiger partial charge in [-0.25, -0.2) is 0 Å². The lowest BCUT2D eigenvalue weighted by Gasteiger charge is -2.08. The molecule has 0 bridgehead atoms. The van der Waals surface area contributed by atoms with Gasteiger partial charge in [0, 0.05) is 12.0 Å². The quantitative estimate of drug-likeness (QED) is 0.677. The fourth-order valence-corrected chi connectivity index (χ4v) is 2.18. The zero-order valence-electron chi connectivity index (χ0n) is 12.6. The molecule has 0 unspecified atom stereocenters. The number of ether oxygens (including phenoxy) is 1. The lowest BCUT2D eigenvalue weighted by molar-refractivity contribution is 0.0988. The molecule has 0 amide bonds. The molecule has 0 saturated carbocycles. The number of Topliss-reactive ketones (excluding diaryl/α,β-unsaturated/α-hetero) is 1. The highest BCUT2D eigenvalue weighted by Gasteiger charge is 2.06. The van der Waals surface area contributed by atoms with E-state index >= 15 is 0 Å². The van der Waals surface area contributed by atoms with Crippen molar-refractivity contribution in [1.82, 2.24) is 15.0 Å². The van der Waals surface area contributed by atoms with Crippen LogP contribution >= 0.6 is 0 Å². The summed E-state index contributed by atoms with van der Waals surface area (Å²) in [6, 6.07) is 13.8. The van der Waals surface area contributed by atoms with Gasteiger partial charge in [0.2, 0.25) is 0 Å². The lowest BCUT2D eigenvalue weighted by Crippen LogP contribution is -2.26. The molecule has 116 valence electrons. The fraction of sp³-hybridized carbons (Fsp3) is 0.176. The molecule has 0 aliphatic rings. The molecule has 1 heterocycles. The first-order chi connectivity index (χ1) is 11.2. The van der Waals surface area contributed by atoms with Crippen LogP contribution in [0.15, 0.2) is 53.3 Å². The molecule has 0 fully saturated rings. The molecular weight excluding hydrogens is 294 g/mol. The number of ketones is 1. The lowest BCUT2D eigenvalue weighted by atomic mass is 10.1. The van der Waals surface area contributed by atoms with Crippen LogP contribution in [0.25, 0.3) is 10.9 Å². The van der Waals surface area contributed by atoms with Crippen molar-refractivity contribution in [2.45, 2.75) is 20.1 Å². The second-order valence-corrected chi connectivity index (χ2v) is 4.99. The summed E-state index contributed by atoms with van der Waals surface area (Å²) in [5, 5.41) is 8.34. The van der Waals surface area contributed by atoms with Gasteiger partial charge in [-0.1, -0.05) is 24.3 Å². The van der Waals surface area contributed by atoms with Crippen molar-refractivity contribution in [1.29, 1.82) is 0 Å². The van der Waals surface area contributed by atoms with Crippen molar-refractivity contribution in [3.05, 3.63) is 64.4 Å². The molecule has 0 saturated heterocycles. The average molecular weight is 309 g/mol. The van der Waals surface area contributed by atoms with Gasteiger partial charge in [0.05, 0.1) is 5.39 Å². The van der Waals surface area contributed by atoms with E-state index in [0.29, 0.717) is 28.6 Å². The molecule has 2 aromatic carbocycles. The topological polar surface area (TPSA) is 74.1 Å². The van der Waals surface area contributed by atoms with E-state index in [1.165, 1.54) is 0 Å². The number of hydrogen-bond acceptors (Lipinski definition) is 5. The molecule has 0 aliphatic carbocycles. The molecule has 3 aromatic rings. The van der Waals surface area contributed by atoms with Gasteiger partial charge < -0.3 is 4.74 Å². The van der Waals surface area contributed by atoms with Gasteiger partial charge in [-0.05, 0) is 36.4 Å². The minimum absolute atomic E-state index is 0.0439. The van der Waals surface area contributed by atoms with Crippen molar-refractivity contribution in [3.8, 4) is 5.75 Å². The van der Waals surface area contributed by atoms with E-state index in [2.05, 4.69) is 10.3 Å². The van der Waals surface area contributed by atoms with Gasteiger partial charge in [-0.15, -0.1) is 5.10 Å². The van der Waals surface area contributed by atoms with E-state index in [1.54, 1.807) is 48.5 Å². The molecule has 1 aromatic heterocycles. The summed E-state index contributed by atoms with van der Waals surface area (Å²) in [6.07, 6.45) is 0.461. The van der Waals surface area contributed by atoms with Crippen LogP contribution in [0.4, 0.5) is 0 Å². The van der Waals surface area contributed by atoms with Crippen LogP contribution in [-0.4, -0.2) is 20.8 Å². The largest absolute Gasteiger partial charge is 0.471 e. The maximum absolute atomic E-state index is 12.3. The van der Waals surface area contributed by atoms with Crippen LogP contribution in [0.5, 0.6) is 5.75 Å². The maximum atomic E-state index is 12.3. The second kappa shape index (κ2) is 6.39. The van der Waals surface area contributed by atoms with E-state index in [0.717, 1.165) is 4.68 Å². The molecule has 6 nitrogen and oxygen atoms in total. The summed E-state index contributed by atoms with van der Waals surface area (Å²) in [6.45, 7) is 1.77. The zero-order valence-corrected chi connectivity index (χ0v) is 12.6. The van der Waals surface area contributed by atoms with E-state index in [9.17, 15) is 9.59 Å². The van der Waals surface area contributed by atoms with Crippen LogP contribution in [0, 0.1) is 0 Å². The first-order valence-corrected chi connectivity index (χ1v) is 7.27. The summed E-state index contributed by atoms with van der Waals surface area (Å²) in [5.41, 5.74) is 0.937. The van der Waals surface area contributed by atoms with Crippen LogP contribution in [0.3, 0.4) is 0 Å². The smallest absolute Gasteiger partial charge is 0.280 e. The third-order valence-electron chi connectivity index (χ3n) is 3.48. The molecule has 0 spiro atoms. The Morgan fingerprint density at radius 2 is 1.87 bits per heavy atom. The third kappa shape index (κ3) is 3.11. The molecule has 0 atom stereocenters. The van der Waals surface area contributed by atoms with Crippen molar-refractivity contribution >= 4 is 16.7 Å². The maximum Gasteiger partial charge on any atom is 0.280 e. The minimum Gasteiger partial charge on any atom is -0.471 e. The molecule has 0 N–H and O–H groups in total. The monoisotopic (exact) mass is 309 g/mol. The first kappa shape index (κ1) is 14.9. The second-order valence-electron chi connectivity index (χ2n) is 4.99. The fourth-order valence-electron chi connectivity index (χ4n) is 2.18. The highest BCUT2D eigenvalue weighted by molar-refractivity contribution is 5.95. The van der Waals surface area contributed by atoms with Crippen LogP contribution in [0.1, 0.15) is 23.7 Å². The molecule has 0 aliphatic heterocycles. The summed E-state index contributed by atoms with van der Waals surface area (Å²) >= 11 is 0. The molecule has 23 heavy (non-hydrogen) atoms. The summed E-state index contributed by atoms with van der Waals surface area (Å²) in [5.74, 6) is 0.632. The van der Waals surface area contributed by atoms with Crippen molar-refractivity contribution in [2.75, 3.05) is 0 Å². The number of hydrogen-bond donors (Lipinski definition) is 0. The normalized spacial score (nSPS) is 10.7. The number of nitrogens with zero attached hydrogens (tertiary/aromatic N) is 3. The average Bonchev–Trinajstić information content (AvgIpc) is 2.61. The Morgan fingerprint density at radius 1 is 1.13 bits per heavy atom. The summed E-state index contributed by atoms with van der Waals surface area (Å²) < 4.78 is 6.70. The Bertz CT molecular complexity index is 901. The Kier molecular flexibility index (Phi) is 4.14. The van der Waals surface area contributed by atoms with Crippen molar-refractivity contribution in [2.24, 2.45) is 0 Å². The highest BCUT2D eigenvalue weighted by Crippen LogP contribution is 2.13. The molecule has 6 heteroatoms. The van der Waals surface area contributed by atoms with E-state index in [-0.39, 0.29) is 18.1 Å². The van der Waals surface area contributed by atoms with Crippen LogP contribution < -0.4 is 10.3 Å². The van der Waals surface area contributed by atoms with Crippen molar-refractivity contribution in [3.63, 3.8) is 0 Å². The van der Waals surface area contributed by atoms with Gasteiger partial charge in [-0.3, -0.25) is 9.59 Å². The SMILES string of the molecule is CCC(=O)c1ccc(OCn2nnc3ccccc3c2=O)cc1. The minimum atomic E-state index is -0.256. The zero-order chi connectivity index (χ0) is 16.2. The Morgan fingerprint density at radius 3 is 2.61 bits per heavy atom. The molecule has 0 radical (unpaired) electrons. The van der Waals surface area contributed by atoms with Crippen molar-refractivity contribution < 1.29 is 9.53 Å². The number of aromatic nitrogens is 3. The molecule has 3 rings (SSSR count). The van der Waals surface area contributed by atoms with E-state index in [1.807, 2.05) is 6.92 Å². The number of rotatable bonds is 5. The van der Waals surface area contributed by atoms with Crippen LogP contribution in [0.2, 0.25) is 0 Å². The van der Waals surface area contributed by atoms with E-state index in [4.69, 9.17) is 4.74 Å². The van der Waals surface area contributed by atoms with Gasteiger partial charge in [0.1, 0.15) is 11.3 Å². The Balaban J connectivity index is 1.77. The predicted octanol–water partition coefficient (Wildman–Crippen LogP) is 2.42. The third-order valence-corrected chi connectivity index (χ3v) is 3.48. The number of carbonyl (C=O) groups excluding carboxylic acids is 1. The highest BCUT2D eigenvalue weighted by atomic mass is 16.5.